The van der Waals surface area contributed by atoms with Crippen LogP contribution in [0.4, 0.5) is 0 Å². The quantitative estimate of drug-likeness (QED) is 0.754. The number of ether oxygens (including phenoxy) is 2. The number of aliphatic carboxylic acids is 1. The van der Waals surface area contributed by atoms with Crippen molar-refractivity contribution >= 4 is 23.6 Å². The van der Waals surface area contributed by atoms with E-state index in [1.807, 2.05) is 25.1 Å². The normalized spacial score (nSPS) is 14.5. The third kappa shape index (κ3) is 3.94. The van der Waals surface area contributed by atoms with Crippen molar-refractivity contribution in [3.63, 3.8) is 0 Å². The summed E-state index contributed by atoms with van der Waals surface area (Å²) in [5, 5.41) is 11.4. The number of nitrogens with one attached hydrogen (secondary N) is 1. The summed E-state index contributed by atoms with van der Waals surface area (Å²) in [6, 6.07) is 12.3. The summed E-state index contributed by atoms with van der Waals surface area (Å²) >= 11 is 1.15. The Bertz CT molecular complexity index is 838. The fraction of sp³-hybridized carbons (Fsp3) is 0.263. The topological polar surface area (TPSA) is 84.9 Å². The Morgan fingerprint density at radius 3 is 2.62 bits per heavy atom. The second-order valence-electron chi connectivity index (χ2n) is 5.90. The van der Waals surface area contributed by atoms with E-state index in [0.717, 1.165) is 17.3 Å². The predicted octanol–water partition coefficient (Wildman–Crippen LogP) is 3.47. The fourth-order valence-electron chi connectivity index (χ4n) is 2.54. The number of hydrogen-bond donors (Lipinski definition) is 2. The van der Waals surface area contributed by atoms with Gasteiger partial charge >= 0.3 is 5.97 Å². The lowest BCUT2D eigenvalue weighted by atomic mass is 10.1. The molecule has 26 heavy (non-hydrogen) atoms. The molecule has 0 bridgehead atoms. The highest BCUT2D eigenvalue weighted by atomic mass is 32.2. The molecule has 1 aliphatic rings. The van der Waals surface area contributed by atoms with Crippen LogP contribution in [-0.4, -0.2) is 29.0 Å². The van der Waals surface area contributed by atoms with Crippen LogP contribution < -0.4 is 14.8 Å². The molecule has 0 fully saturated rings. The summed E-state index contributed by atoms with van der Waals surface area (Å²) < 4.78 is 10.7. The first-order valence-electron chi connectivity index (χ1n) is 8.14. The number of thioether (sulfide) groups is 1. The minimum absolute atomic E-state index is 0.200. The van der Waals surface area contributed by atoms with Crippen LogP contribution in [0.15, 0.2) is 47.4 Å². The van der Waals surface area contributed by atoms with Crippen LogP contribution in [0.1, 0.15) is 35.8 Å². The zero-order valence-electron chi connectivity index (χ0n) is 14.4. The van der Waals surface area contributed by atoms with Gasteiger partial charge in [-0.05, 0) is 43.7 Å². The van der Waals surface area contributed by atoms with Gasteiger partial charge in [-0.3, -0.25) is 9.59 Å². The van der Waals surface area contributed by atoms with Crippen LogP contribution in [0.3, 0.4) is 0 Å². The van der Waals surface area contributed by atoms with E-state index in [0.29, 0.717) is 22.0 Å². The third-order valence-electron chi connectivity index (χ3n) is 4.03. The number of hydrogen-bond acceptors (Lipinski definition) is 5. The molecule has 0 aromatic heterocycles. The van der Waals surface area contributed by atoms with Gasteiger partial charge in [0.05, 0.1) is 11.6 Å². The number of benzene rings is 2. The third-order valence-corrected chi connectivity index (χ3v) is 5.19. The lowest BCUT2D eigenvalue weighted by Crippen LogP contribution is -2.27. The summed E-state index contributed by atoms with van der Waals surface area (Å²) in [5.41, 5.74) is 1.35. The average molecular weight is 373 g/mol. The Kier molecular flexibility index (Phi) is 5.37. The molecule has 7 heteroatoms. The molecular weight excluding hydrogens is 354 g/mol. The number of carbonyl (C=O) groups excluding carboxylic acids is 1. The first-order valence-corrected chi connectivity index (χ1v) is 9.02. The zero-order valence-corrected chi connectivity index (χ0v) is 15.2. The molecule has 2 atom stereocenters. The van der Waals surface area contributed by atoms with Crippen LogP contribution in [0.5, 0.6) is 11.5 Å². The average Bonchev–Trinajstić information content (AvgIpc) is 3.09. The Hall–Kier alpha value is -2.67. The van der Waals surface area contributed by atoms with E-state index in [-0.39, 0.29) is 18.7 Å². The molecule has 2 aromatic rings. The summed E-state index contributed by atoms with van der Waals surface area (Å²) in [7, 11) is 0. The van der Waals surface area contributed by atoms with E-state index in [2.05, 4.69) is 5.32 Å². The molecule has 0 aliphatic carbocycles. The van der Waals surface area contributed by atoms with Gasteiger partial charge in [-0.2, -0.15) is 0 Å². The van der Waals surface area contributed by atoms with Crippen molar-refractivity contribution < 1.29 is 24.2 Å². The smallest absolute Gasteiger partial charge is 0.316 e. The number of amides is 1. The molecule has 6 nitrogen and oxygen atoms in total. The lowest BCUT2D eigenvalue weighted by Gasteiger charge is -2.17. The summed E-state index contributed by atoms with van der Waals surface area (Å²) in [5.74, 6) is 0.182. The highest BCUT2D eigenvalue weighted by molar-refractivity contribution is 8.00. The van der Waals surface area contributed by atoms with Crippen molar-refractivity contribution in [2.24, 2.45) is 0 Å². The number of carbonyl (C=O) groups is 2. The van der Waals surface area contributed by atoms with E-state index in [9.17, 15) is 9.59 Å². The van der Waals surface area contributed by atoms with Gasteiger partial charge < -0.3 is 19.9 Å². The highest BCUT2D eigenvalue weighted by Crippen LogP contribution is 2.34. The maximum absolute atomic E-state index is 12.7. The largest absolute Gasteiger partial charge is 0.480 e. The first-order chi connectivity index (χ1) is 12.5. The van der Waals surface area contributed by atoms with Crippen LogP contribution in [0.2, 0.25) is 0 Å². The van der Waals surface area contributed by atoms with E-state index in [1.165, 1.54) is 0 Å². The van der Waals surface area contributed by atoms with E-state index in [4.69, 9.17) is 14.6 Å². The maximum atomic E-state index is 12.7. The van der Waals surface area contributed by atoms with Gasteiger partial charge in [-0.1, -0.05) is 18.2 Å². The zero-order chi connectivity index (χ0) is 18.7. The van der Waals surface area contributed by atoms with Crippen molar-refractivity contribution in [1.29, 1.82) is 0 Å². The summed E-state index contributed by atoms with van der Waals surface area (Å²) in [6.45, 7) is 3.67. The van der Waals surface area contributed by atoms with Crippen LogP contribution in [-0.2, 0) is 4.79 Å². The molecule has 2 N–H and O–H groups in total. The van der Waals surface area contributed by atoms with Gasteiger partial charge in [0, 0.05) is 4.90 Å². The predicted molar refractivity (Wildman–Crippen MR) is 97.8 cm³/mol. The SMILES string of the molecule is CC(Sc1ccccc1C(=O)NC(C)c1ccc2c(c1)OCO2)C(=O)O. The van der Waals surface area contributed by atoms with Crippen molar-refractivity contribution in [2.45, 2.75) is 30.0 Å². The number of carboxylic acid groups (broad SMARTS) is 1. The molecule has 2 aromatic carbocycles. The lowest BCUT2D eigenvalue weighted by molar-refractivity contribution is -0.136. The minimum atomic E-state index is -0.918. The van der Waals surface area contributed by atoms with Gasteiger partial charge in [0.25, 0.3) is 5.91 Å². The molecular formula is C19H19NO5S. The Balaban J connectivity index is 1.74. The van der Waals surface area contributed by atoms with Gasteiger partial charge in [0.15, 0.2) is 11.5 Å². The first kappa shape index (κ1) is 18.1. The summed E-state index contributed by atoms with van der Waals surface area (Å²) in [6.07, 6.45) is 0. The Morgan fingerprint density at radius 1 is 1.12 bits per heavy atom. The van der Waals surface area contributed by atoms with Gasteiger partial charge in [-0.25, -0.2) is 0 Å². The van der Waals surface area contributed by atoms with Crippen molar-refractivity contribution in [3.05, 3.63) is 53.6 Å². The maximum Gasteiger partial charge on any atom is 0.316 e. The Labute approximate surface area is 155 Å². The van der Waals surface area contributed by atoms with Crippen molar-refractivity contribution in [1.82, 2.24) is 5.32 Å². The monoisotopic (exact) mass is 373 g/mol. The van der Waals surface area contributed by atoms with E-state index in [1.54, 1.807) is 31.2 Å². The van der Waals surface area contributed by atoms with Gasteiger partial charge in [0.2, 0.25) is 6.79 Å². The number of carboxylic acids is 1. The molecule has 0 saturated heterocycles. The standard InChI is InChI=1S/C19H19NO5S/c1-11(13-7-8-15-16(9-13)25-10-24-15)20-18(21)14-5-3-4-6-17(14)26-12(2)19(22)23/h3-9,11-12H,10H2,1-2H3,(H,20,21)(H,22,23). The second kappa shape index (κ2) is 7.70. The fourth-order valence-corrected chi connectivity index (χ4v) is 3.46. The number of fused-ring (bicyclic) bond motifs is 1. The number of rotatable bonds is 6. The van der Waals surface area contributed by atoms with E-state index >= 15 is 0 Å². The molecule has 0 spiro atoms. The molecule has 1 amide bonds. The van der Waals surface area contributed by atoms with Crippen LogP contribution in [0, 0.1) is 0 Å². The molecule has 2 unspecified atom stereocenters. The molecule has 1 heterocycles. The van der Waals surface area contributed by atoms with Crippen LogP contribution in [0.25, 0.3) is 0 Å². The van der Waals surface area contributed by atoms with Gasteiger partial charge in [0.1, 0.15) is 5.25 Å². The van der Waals surface area contributed by atoms with E-state index < -0.39 is 11.2 Å². The summed E-state index contributed by atoms with van der Waals surface area (Å²) in [4.78, 5) is 24.4. The minimum Gasteiger partial charge on any atom is -0.480 e. The van der Waals surface area contributed by atoms with Crippen molar-refractivity contribution in [2.75, 3.05) is 6.79 Å². The molecule has 0 saturated carbocycles. The Morgan fingerprint density at radius 2 is 1.85 bits per heavy atom. The molecule has 1 aliphatic heterocycles. The highest BCUT2D eigenvalue weighted by Gasteiger charge is 2.20. The molecule has 136 valence electrons. The molecule has 3 rings (SSSR count). The molecule has 0 radical (unpaired) electrons. The van der Waals surface area contributed by atoms with Gasteiger partial charge in [-0.15, -0.1) is 11.8 Å². The van der Waals surface area contributed by atoms with Crippen LogP contribution >= 0.6 is 11.8 Å². The second-order valence-corrected chi connectivity index (χ2v) is 7.28. The van der Waals surface area contributed by atoms with Crippen molar-refractivity contribution in [3.8, 4) is 11.5 Å².